The van der Waals surface area contributed by atoms with Gasteiger partial charge < -0.3 is 19.7 Å². The van der Waals surface area contributed by atoms with Crippen molar-refractivity contribution in [2.45, 2.75) is 84.1 Å². The van der Waals surface area contributed by atoms with E-state index in [1.165, 1.54) is 6.42 Å². The van der Waals surface area contributed by atoms with Crippen LogP contribution in [-0.2, 0) is 9.47 Å². The van der Waals surface area contributed by atoms with Crippen molar-refractivity contribution in [2.24, 2.45) is 11.3 Å². The van der Waals surface area contributed by atoms with E-state index in [9.17, 15) is 4.79 Å². The molecule has 3 aliphatic rings. The molecule has 2 saturated heterocycles. The number of hydrogen-bond donors (Lipinski definition) is 1. The van der Waals surface area contributed by atoms with Crippen LogP contribution in [0, 0.1) is 11.3 Å². The Labute approximate surface area is 146 Å². The number of carbonyl (C=O) groups is 1. The van der Waals surface area contributed by atoms with Crippen molar-refractivity contribution in [1.29, 1.82) is 0 Å². The predicted octanol–water partition coefficient (Wildman–Crippen LogP) is 3.18. The highest BCUT2D eigenvalue weighted by Gasteiger charge is 2.59. The van der Waals surface area contributed by atoms with Crippen LogP contribution in [0.2, 0.25) is 0 Å². The summed E-state index contributed by atoms with van der Waals surface area (Å²) in [6.45, 7) is 12.9. The van der Waals surface area contributed by atoms with Gasteiger partial charge in [0.05, 0.1) is 6.10 Å². The summed E-state index contributed by atoms with van der Waals surface area (Å²) in [6, 6.07) is 1.03. The SMILES string of the molecule is CC(C)(C)OC(=O)N1CCC[C@H](N[C@H]2[C@@H]3CCO[C@@H]3C2(C)C)CC1. The molecule has 2 aliphatic heterocycles. The second kappa shape index (κ2) is 6.49. The maximum Gasteiger partial charge on any atom is 0.410 e. The van der Waals surface area contributed by atoms with Gasteiger partial charge in [0.15, 0.2) is 0 Å². The molecule has 5 heteroatoms. The van der Waals surface area contributed by atoms with E-state index < -0.39 is 5.60 Å². The highest BCUT2D eigenvalue weighted by atomic mass is 16.6. The fourth-order valence-corrected chi connectivity index (χ4v) is 4.69. The third kappa shape index (κ3) is 3.57. The Morgan fingerprint density at radius 1 is 1.21 bits per heavy atom. The Balaban J connectivity index is 1.52. The number of amides is 1. The topological polar surface area (TPSA) is 50.8 Å². The van der Waals surface area contributed by atoms with Gasteiger partial charge in [-0.2, -0.15) is 0 Å². The number of ether oxygens (including phenoxy) is 2. The molecule has 4 atom stereocenters. The molecule has 0 spiro atoms. The average Bonchev–Trinajstić information content (AvgIpc) is 2.79. The first kappa shape index (κ1) is 18.0. The summed E-state index contributed by atoms with van der Waals surface area (Å²) in [4.78, 5) is 14.2. The molecule has 2 heterocycles. The zero-order valence-electron chi connectivity index (χ0n) is 15.9. The Kier molecular flexibility index (Phi) is 4.86. The summed E-state index contributed by atoms with van der Waals surface area (Å²) in [6.07, 6.45) is 4.61. The smallest absolute Gasteiger partial charge is 0.410 e. The predicted molar refractivity (Wildman–Crippen MR) is 94.0 cm³/mol. The van der Waals surface area contributed by atoms with Gasteiger partial charge >= 0.3 is 6.09 Å². The quantitative estimate of drug-likeness (QED) is 0.840. The van der Waals surface area contributed by atoms with Crippen LogP contribution in [-0.4, -0.2) is 54.5 Å². The minimum absolute atomic E-state index is 0.170. The van der Waals surface area contributed by atoms with Crippen molar-refractivity contribution in [1.82, 2.24) is 10.2 Å². The van der Waals surface area contributed by atoms with E-state index in [0.717, 1.165) is 39.0 Å². The molecular formula is C19H34N2O3. The van der Waals surface area contributed by atoms with Crippen LogP contribution in [0.5, 0.6) is 0 Å². The summed E-state index contributed by atoms with van der Waals surface area (Å²) in [5.74, 6) is 0.671. The summed E-state index contributed by atoms with van der Waals surface area (Å²) >= 11 is 0. The first-order chi connectivity index (χ1) is 11.2. The molecule has 24 heavy (non-hydrogen) atoms. The Morgan fingerprint density at radius 2 is 1.96 bits per heavy atom. The summed E-state index contributed by atoms with van der Waals surface area (Å²) in [7, 11) is 0. The molecule has 0 radical (unpaired) electrons. The van der Waals surface area contributed by atoms with Gasteiger partial charge in [0.1, 0.15) is 5.60 Å². The first-order valence-corrected chi connectivity index (χ1v) is 9.54. The third-order valence-electron chi connectivity index (χ3n) is 5.90. The van der Waals surface area contributed by atoms with Gasteiger partial charge in [-0.25, -0.2) is 4.79 Å². The molecule has 138 valence electrons. The average molecular weight is 338 g/mol. The Morgan fingerprint density at radius 3 is 2.67 bits per heavy atom. The molecule has 5 nitrogen and oxygen atoms in total. The fraction of sp³-hybridized carbons (Fsp3) is 0.947. The van der Waals surface area contributed by atoms with E-state index in [2.05, 4.69) is 19.2 Å². The fourth-order valence-electron chi connectivity index (χ4n) is 4.69. The molecule has 1 amide bonds. The molecule has 1 saturated carbocycles. The number of fused-ring (bicyclic) bond motifs is 1. The molecular weight excluding hydrogens is 304 g/mol. The molecule has 3 rings (SSSR count). The molecule has 3 fully saturated rings. The molecule has 0 aromatic rings. The molecule has 0 bridgehead atoms. The van der Waals surface area contributed by atoms with Crippen LogP contribution in [0.1, 0.15) is 60.3 Å². The van der Waals surface area contributed by atoms with Gasteiger partial charge in [0.25, 0.3) is 0 Å². The van der Waals surface area contributed by atoms with E-state index >= 15 is 0 Å². The summed E-state index contributed by atoms with van der Waals surface area (Å²) < 4.78 is 11.4. The normalized spacial score (nSPS) is 35.8. The Hall–Kier alpha value is -0.810. The van der Waals surface area contributed by atoms with E-state index in [0.29, 0.717) is 24.1 Å². The first-order valence-electron chi connectivity index (χ1n) is 9.54. The molecule has 0 aromatic carbocycles. The van der Waals surface area contributed by atoms with Gasteiger partial charge in [-0.05, 0) is 46.5 Å². The number of nitrogens with zero attached hydrogens (tertiary/aromatic N) is 1. The van der Waals surface area contributed by atoms with Gasteiger partial charge in [-0.3, -0.25) is 0 Å². The van der Waals surface area contributed by atoms with Crippen molar-refractivity contribution in [3.63, 3.8) is 0 Å². The van der Waals surface area contributed by atoms with Gasteiger partial charge in [-0.15, -0.1) is 0 Å². The molecule has 1 aliphatic carbocycles. The van der Waals surface area contributed by atoms with Gasteiger partial charge in [0, 0.05) is 43.1 Å². The van der Waals surface area contributed by atoms with Gasteiger partial charge in [0.2, 0.25) is 0 Å². The van der Waals surface area contributed by atoms with Crippen LogP contribution in [0.4, 0.5) is 4.79 Å². The van der Waals surface area contributed by atoms with Crippen LogP contribution < -0.4 is 5.32 Å². The second-order valence-corrected chi connectivity index (χ2v) is 9.30. The number of nitrogens with one attached hydrogen (secondary N) is 1. The molecule has 1 N–H and O–H groups in total. The molecule has 0 unspecified atom stereocenters. The minimum Gasteiger partial charge on any atom is -0.444 e. The number of likely N-dealkylation sites (tertiary alicyclic amines) is 1. The Bertz CT molecular complexity index is 472. The van der Waals surface area contributed by atoms with Crippen molar-refractivity contribution in [3.05, 3.63) is 0 Å². The lowest BCUT2D eigenvalue weighted by molar-refractivity contribution is -0.115. The largest absolute Gasteiger partial charge is 0.444 e. The minimum atomic E-state index is -0.422. The van der Waals surface area contributed by atoms with Crippen LogP contribution in [0.3, 0.4) is 0 Å². The zero-order valence-corrected chi connectivity index (χ0v) is 15.9. The monoisotopic (exact) mass is 338 g/mol. The zero-order chi connectivity index (χ0) is 17.5. The second-order valence-electron chi connectivity index (χ2n) is 9.30. The van der Waals surface area contributed by atoms with Crippen LogP contribution in [0.25, 0.3) is 0 Å². The standard InChI is InChI=1S/C19H34N2O3/c1-18(2,3)24-17(22)21-10-6-7-13(8-11-21)20-15-14-9-12-23-16(14)19(15,4)5/h13-16,20H,6-12H2,1-5H3/t13-,14-,15-,16-/m0/s1. The van der Waals surface area contributed by atoms with Gasteiger partial charge in [-0.1, -0.05) is 13.8 Å². The third-order valence-corrected chi connectivity index (χ3v) is 5.90. The van der Waals surface area contributed by atoms with Crippen LogP contribution in [0.15, 0.2) is 0 Å². The van der Waals surface area contributed by atoms with E-state index in [-0.39, 0.29) is 11.5 Å². The lowest BCUT2D eigenvalue weighted by atomic mass is 9.57. The van der Waals surface area contributed by atoms with Crippen molar-refractivity contribution >= 4 is 6.09 Å². The number of hydrogen-bond acceptors (Lipinski definition) is 4. The van der Waals surface area contributed by atoms with E-state index in [1.807, 2.05) is 25.7 Å². The van der Waals surface area contributed by atoms with Crippen molar-refractivity contribution in [3.8, 4) is 0 Å². The summed E-state index contributed by atoms with van der Waals surface area (Å²) in [5.41, 5.74) is -0.202. The highest BCUT2D eigenvalue weighted by molar-refractivity contribution is 5.68. The maximum atomic E-state index is 12.3. The van der Waals surface area contributed by atoms with Crippen LogP contribution >= 0.6 is 0 Å². The van der Waals surface area contributed by atoms with Crippen molar-refractivity contribution in [2.75, 3.05) is 19.7 Å². The van der Waals surface area contributed by atoms with E-state index in [1.54, 1.807) is 0 Å². The van der Waals surface area contributed by atoms with Crippen molar-refractivity contribution < 1.29 is 14.3 Å². The summed E-state index contributed by atoms with van der Waals surface area (Å²) in [5, 5.41) is 3.91. The number of rotatable bonds is 2. The lowest BCUT2D eigenvalue weighted by Gasteiger charge is -2.56. The van der Waals surface area contributed by atoms with E-state index in [4.69, 9.17) is 9.47 Å². The maximum absolute atomic E-state index is 12.3. The number of carbonyl (C=O) groups excluding carboxylic acids is 1. The lowest BCUT2D eigenvalue weighted by Crippen LogP contribution is -2.67. The molecule has 0 aromatic heterocycles. The highest BCUT2D eigenvalue weighted by Crippen LogP contribution is 2.52.